The van der Waals surface area contributed by atoms with Crippen LogP contribution < -0.4 is 20.2 Å². The molecular weight excluding hydrogens is 446 g/mol. The zero-order valence-corrected chi connectivity index (χ0v) is 19.7. The third kappa shape index (κ3) is 5.89. The maximum Gasteiger partial charge on any atom is 0.341 e. The number of fused-ring (bicyclic) bond motifs is 1. The van der Waals surface area contributed by atoms with Crippen molar-refractivity contribution in [2.45, 2.75) is 39.0 Å². The van der Waals surface area contributed by atoms with E-state index >= 15 is 0 Å². The van der Waals surface area contributed by atoms with Gasteiger partial charge < -0.3 is 19.5 Å². The van der Waals surface area contributed by atoms with Gasteiger partial charge in [-0.1, -0.05) is 6.42 Å². The number of anilines is 1. The molecule has 0 aliphatic heterocycles. The van der Waals surface area contributed by atoms with Crippen molar-refractivity contribution < 1.29 is 28.6 Å². The molecule has 0 atom stereocenters. The average Bonchev–Trinajstić information content (AvgIpc) is 2.99. The van der Waals surface area contributed by atoms with Crippen LogP contribution in [-0.4, -0.2) is 44.8 Å². The van der Waals surface area contributed by atoms with E-state index in [-0.39, 0.29) is 6.61 Å². The SMILES string of the molecule is CCOC(=O)c1c(NC(=O)C(=O)NN=Cc2cc(OC)ccc2OC)sc2c1CCCCC2. The molecule has 1 aromatic heterocycles. The topological polar surface area (TPSA) is 115 Å². The molecule has 0 radical (unpaired) electrons. The van der Waals surface area contributed by atoms with E-state index in [1.54, 1.807) is 25.1 Å². The van der Waals surface area contributed by atoms with E-state index in [0.717, 1.165) is 42.5 Å². The van der Waals surface area contributed by atoms with Gasteiger partial charge in [0.05, 0.1) is 32.6 Å². The van der Waals surface area contributed by atoms with Crippen molar-refractivity contribution >= 4 is 40.3 Å². The number of carbonyl (C=O) groups is 3. The van der Waals surface area contributed by atoms with E-state index in [2.05, 4.69) is 15.8 Å². The summed E-state index contributed by atoms with van der Waals surface area (Å²) >= 11 is 1.32. The first-order valence-electron chi connectivity index (χ1n) is 10.7. The fourth-order valence-electron chi connectivity index (χ4n) is 3.56. The van der Waals surface area contributed by atoms with Gasteiger partial charge in [-0.15, -0.1) is 11.3 Å². The molecule has 1 aliphatic carbocycles. The number of aryl methyl sites for hydroxylation is 1. The lowest BCUT2D eigenvalue weighted by Gasteiger charge is -2.08. The van der Waals surface area contributed by atoms with Crippen LogP contribution in [0.4, 0.5) is 5.00 Å². The minimum absolute atomic E-state index is 0.222. The predicted octanol–water partition coefficient (Wildman–Crippen LogP) is 3.30. The molecule has 0 saturated carbocycles. The Morgan fingerprint density at radius 1 is 1.09 bits per heavy atom. The highest BCUT2D eigenvalue weighted by Gasteiger charge is 2.27. The monoisotopic (exact) mass is 473 g/mol. The molecule has 0 spiro atoms. The van der Waals surface area contributed by atoms with Gasteiger partial charge in [-0.05, 0) is 56.4 Å². The number of rotatable bonds is 7. The minimum atomic E-state index is -0.966. The molecule has 1 aromatic carbocycles. The molecule has 9 nitrogen and oxygen atoms in total. The van der Waals surface area contributed by atoms with Crippen molar-refractivity contribution in [3.05, 3.63) is 39.8 Å². The molecule has 0 saturated heterocycles. The molecule has 1 heterocycles. The number of hydrazone groups is 1. The number of amides is 2. The largest absolute Gasteiger partial charge is 0.497 e. The molecule has 10 heteroatoms. The highest BCUT2D eigenvalue weighted by molar-refractivity contribution is 7.17. The van der Waals surface area contributed by atoms with Crippen molar-refractivity contribution in [1.82, 2.24) is 5.43 Å². The highest BCUT2D eigenvalue weighted by Crippen LogP contribution is 2.38. The fraction of sp³-hybridized carbons (Fsp3) is 0.391. The van der Waals surface area contributed by atoms with Crippen molar-refractivity contribution in [3.8, 4) is 11.5 Å². The van der Waals surface area contributed by atoms with Gasteiger partial charge in [-0.2, -0.15) is 5.10 Å². The Morgan fingerprint density at radius 2 is 1.88 bits per heavy atom. The van der Waals surface area contributed by atoms with Crippen molar-refractivity contribution in [1.29, 1.82) is 0 Å². The number of ether oxygens (including phenoxy) is 3. The number of nitrogens with one attached hydrogen (secondary N) is 2. The summed E-state index contributed by atoms with van der Waals surface area (Å²) in [6, 6.07) is 5.11. The number of carbonyl (C=O) groups excluding carboxylic acids is 3. The molecule has 2 N–H and O–H groups in total. The van der Waals surface area contributed by atoms with Crippen LogP contribution >= 0.6 is 11.3 Å². The molecule has 0 unspecified atom stereocenters. The van der Waals surface area contributed by atoms with E-state index in [1.165, 1.54) is 31.8 Å². The smallest absolute Gasteiger partial charge is 0.341 e. The number of hydrogen-bond donors (Lipinski definition) is 2. The maximum atomic E-state index is 12.6. The second kappa shape index (κ2) is 11.5. The maximum absolute atomic E-state index is 12.6. The highest BCUT2D eigenvalue weighted by atomic mass is 32.1. The first-order chi connectivity index (χ1) is 16.0. The van der Waals surface area contributed by atoms with Crippen LogP contribution in [0.25, 0.3) is 0 Å². The van der Waals surface area contributed by atoms with Crippen LogP contribution in [0.15, 0.2) is 23.3 Å². The summed E-state index contributed by atoms with van der Waals surface area (Å²) in [7, 11) is 3.04. The predicted molar refractivity (Wildman–Crippen MR) is 125 cm³/mol. The van der Waals surface area contributed by atoms with Crippen molar-refractivity contribution in [2.75, 3.05) is 26.1 Å². The van der Waals surface area contributed by atoms with E-state index in [1.807, 2.05) is 0 Å². The van der Waals surface area contributed by atoms with Gasteiger partial charge in [0.1, 0.15) is 16.5 Å². The van der Waals surface area contributed by atoms with Crippen molar-refractivity contribution in [3.63, 3.8) is 0 Å². The van der Waals surface area contributed by atoms with E-state index in [0.29, 0.717) is 27.6 Å². The van der Waals surface area contributed by atoms with Crippen LogP contribution in [0.5, 0.6) is 11.5 Å². The molecule has 0 fully saturated rings. The first-order valence-corrected chi connectivity index (χ1v) is 11.5. The number of esters is 1. The first kappa shape index (κ1) is 24.2. The van der Waals surface area contributed by atoms with Gasteiger partial charge in [-0.3, -0.25) is 9.59 Å². The Hall–Kier alpha value is -3.40. The van der Waals surface area contributed by atoms with Gasteiger partial charge in [0.25, 0.3) is 0 Å². The van der Waals surface area contributed by atoms with Gasteiger partial charge in [0.15, 0.2) is 0 Å². The zero-order chi connectivity index (χ0) is 23.8. The lowest BCUT2D eigenvalue weighted by atomic mass is 10.1. The van der Waals surface area contributed by atoms with Crippen molar-refractivity contribution in [2.24, 2.45) is 5.10 Å². The minimum Gasteiger partial charge on any atom is -0.497 e. The third-order valence-electron chi connectivity index (χ3n) is 5.14. The molecule has 2 aromatic rings. The van der Waals surface area contributed by atoms with Crippen LogP contribution in [0.1, 0.15) is 52.5 Å². The Bertz CT molecular complexity index is 1060. The summed E-state index contributed by atoms with van der Waals surface area (Å²) in [5.74, 6) is -1.27. The number of nitrogens with zero attached hydrogens (tertiary/aromatic N) is 1. The Kier molecular flexibility index (Phi) is 8.42. The van der Waals surface area contributed by atoms with E-state index < -0.39 is 17.8 Å². The molecule has 33 heavy (non-hydrogen) atoms. The zero-order valence-electron chi connectivity index (χ0n) is 18.9. The number of thiophene rings is 1. The standard InChI is InChI=1S/C23H27N3O6S/c1-4-32-23(29)19-16-8-6-5-7-9-18(16)33-22(19)25-20(27)21(28)26-24-13-14-12-15(30-2)10-11-17(14)31-3/h10-13H,4-9H2,1-3H3,(H,25,27)(H,26,28). The van der Waals surface area contributed by atoms with Crippen LogP contribution in [0.3, 0.4) is 0 Å². The van der Waals surface area contributed by atoms with Crippen LogP contribution in [0.2, 0.25) is 0 Å². The summed E-state index contributed by atoms with van der Waals surface area (Å²) < 4.78 is 15.6. The molecule has 2 amide bonds. The molecule has 3 rings (SSSR count). The lowest BCUT2D eigenvalue weighted by Crippen LogP contribution is -2.32. The molecule has 0 bridgehead atoms. The number of methoxy groups -OCH3 is 2. The van der Waals surface area contributed by atoms with Gasteiger partial charge in [0, 0.05) is 10.4 Å². The van der Waals surface area contributed by atoms with E-state index in [9.17, 15) is 14.4 Å². The third-order valence-corrected chi connectivity index (χ3v) is 6.35. The van der Waals surface area contributed by atoms with Gasteiger partial charge >= 0.3 is 17.8 Å². The van der Waals surface area contributed by atoms with Crippen LogP contribution in [0, 0.1) is 0 Å². The molecule has 1 aliphatic rings. The molecular formula is C23H27N3O6S. The summed E-state index contributed by atoms with van der Waals surface area (Å²) in [5, 5.41) is 6.74. The average molecular weight is 474 g/mol. The second-order valence-corrected chi connectivity index (χ2v) is 8.36. The fourth-order valence-corrected chi connectivity index (χ4v) is 4.83. The Balaban J connectivity index is 1.73. The number of hydrogen-bond acceptors (Lipinski definition) is 8. The quantitative estimate of drug-likeness (QED) is 0.210. The second-order valence-electron chi connectivity index (χ2n) is 7.25. The summed E-state index contributed by atoms with van der Waals surface area (Å²) in [4.78, 5) is 38.5. The lowest BCUT2D eigenvalue weighted by molar-refractivity contribution is -0.136. The Labute approximate surface area is 196 Å². The summed E-state index contributed by atoms with van der Waals surface area (Å²) in [6.45, 7) is 1.95. The summed E-state index contributed by atoms with van der Waals surface area (Å²) in [5.41, 5.74) is 4.02. The Morgan fingerprint density at radius 3 is 2.61 bits per heavy atom. The molecule has 176 valence electrons. The normalized spacial score (nSPS) is 13.1. The summed E-state index contributed by atoms with van der Waals surface area (Å²) in [6.07, 6.45) is 6.00. The van der Waals surface area contributed by atoms with Gasteiger partial charge in [0.2, 0.25) is 0 Å². The number of benzene rings is 1. The van der Waals surface area contributed by atoms with Crippen LogP contribution in [-0.2, 0) is 27.2 Å². The van der Waals surface area contributed by atoms with E-state index in [4.69, 9.17) is 14.2 Å². The van der Waals surface area contributed by atoms with Gasteiger partial charge in [-0.25, -0.2) is 10.2 Å².